The summed E-state index contributed by atoms with van der Waals surface area (Å²) in [7, 11) is 0. The molecule has 0 radical (unpaired) electrons. The largest absolute Gasteiger partial charge is 0.511 e. The SMILES string of the molecule is CC(C)N(c1ccc(N)cc1OC(=O)O)C(C)C. The molecule has 0 amide bonds. The molecule has 3 N–H and O–H groups in total. The number of nitrogens with zero attached hydrogens (tertiary/aromatic N) is 1. The molecule has 0 saturated heterocycles. The third kappa shape index (κ3) is 3.29. The Morgan fingerprint density at radius 1 is 1.28 bits per heavy atom. The van der Waals surface area contributed by atoms with Gasteiger partial charge in [-0.3, -0.25) is 0 Å². The molecule has 5 heteroatoms. The first-order valence-electron chi connectivity index (χ1n) is 5.91. The molecule has 0 atom stereocenters. The van der Waals surface area contributed by atoms with Gasteiger partial charge in [-0.05, 0) is 39.8 Å². The lowest BCUT2D eigenvalue weighted by atomic mass is 10.1. The van der Waals surface area contributed by atoms with Gasteiger partial charge in [-0.15, -0.1) is 0 Å². The quantitative estimate of drug-likeness (QED) is 0.489. The molecule has 0 aromatic heterocycles. The molecule has 1 rings (SSSR count). The minimum atomic E-state index is -1.34. The van der Waals surface area contributed by atoms with Crippen molar-refractivity contribution in [2.24, 2.45) is 0 Å². The number of hydrogen-bond acceptors (Lipinski definition) is 4. The van der Waals surface area contributed by atoms with Gasteiger partial charge in [-0.25, -0.2) is 4.79 Å². The molecule has 0 spiro atoms. The predicted molar refractivity (Wildman–Crippen MR) is 72.3 cm³/mol. The Hall–Kier alpha value is -1.91. The topological polar surface area (TPSA) is 75.8 Å². The maximum atomic E-state index is 10.7. The van der Waals surface area contributed by atoms with E-state index in [0.29, 0.717) is 5.69 Å². The number of rotatable bonds is 4. The Morgan fingerprint density at radius 2 is 1.83 bits per heavy atom. The van der Waals surface area contributed by atoms with Gasteiger partial charge < -0.3 is 20.5 Å². The van der Waals surface area contributed by atoms with E-state index in [1.807, 2.05) is 27.7 Å². The predicted octanol–water partition coefficient (Wildman–Crippen LogP) is 2.95. The van der Waals surface area contributed by atoms with Gasteiger partial charge in [0.25, 0.3) is 0 Å². The highest BCUT2D eigenvalue weighted by Crippen LogP contribution is 2.33. The fourth-order valence-corrected chi connectivity index (χ4v) is 2.07. The average molecular weight is 252 g/mol. The summed E-state index contributed by atoms with van der Waals surface area (Å²) in [4.78, 5) is 12.8. The summed E-state index contributed by atoms with van der Waals surface area (Å²) in [5.41, 5.74) is 6.87. The first kappa shape index (κ1) is 14.2. The lowest BCUT2D eigenvalue weighted by Gasteiger charge is -2.34. The first-order chi connectivity index (χ1) is 8.32. The van der Waals surface area contributed by atoms with E-state index in [1.54, 1.807) is 12.1 Å². The number of nitrogens with two attached hydrogens (primary N) is 1. The van der Waals surface area contributed by atoms with Crippen LogP contribution in [-0.4, -0.2) is 23.3 Å². The minimum Gasteiger partial charge on any atom is -0.449 e. The van der Waals surface area contributed by atoms with Crippen LogP contribution in [0.3, 0.4) is 0 Å². The molecule has 1 aromatic rings. The summed E-state index contributed by atoms with van der Waals surface area (Å²) in [5, 5.41) is 8.76. The average Bonchev–Trinajstić information content (AvgIpc) is 2.19. The molecule has 5 nitrogen and oxygen atoms in total. The van der Waals surface area contributed by atoms with E-state index in [4.69, 9.17) is 15.6 Å². The molecule has 0 saturated carbocycles. The lowest BCUT2D eigenvalue weighted by molar-refractivity contribution is 0.144. The van der Waals surface area contributed by atoms with Crippen molar-refractivity contribution in [1.29, 1.82) is 0 Å². The molecule has 100 valence electrons. The van der Waals surface area contributed by atoms with Crippen molar-refractivity contribution in [3.8, 4) is 5.75 Å². The van der Waals surface area contributed by atoms with Crippen LogP contribution >= 0.6 is 0 Å². The van der Waals surface area contributed by atoms with Gasteiger partial charge in [-0.1, -0.05) is 0 Å². The third-order valence-electron chi connectivity index (χ3n) is 2.57. The Labute approximate surface area is 107 Å². The van der Waals surface area contributed by atoms with Crippen LogP contribution in [0.1, 0.15) is 27.7 Å². The van der Waals surface area contributed by atoms with Crippen LogP contribution in [0.2, 0.25) is 0 Å². The van der Waals surface area contributed by atoms with Gasteiger partial charge in [0.05, 0.1) is 5.69 Å². The molecule has 0 bridgehead atoms. The molecule has 0 fully saturated rings. The number of anilines is 2. The summed E-state index contributed by atoms with van der Waals surface area (Å²) >= 11 is 0. The second kappa shape index (κ2) is 5.62. The lowest BCUT2D eigenvalue weighted by Crippen LogP contribution is -2.37. The Balaban J connectivity index is 3.24. The zero-order valence-electron chi connectivity index (χ0n) is 11.2. The zero-order chi connectivity index (χ0) is 13.9. The fraction of sp³-hybridized carbons (Fsp3) is 0.462. The molecular weight excluding hydrogens is 232 g/mol. The number of carboxylic acid groups (broad SMARTS) is 1. The zero-order valence-corrected chi connectivity index (χ0v) is 11.2. The molecular formula is C13H20N2O3. The van der Waals surface area contributed by atoms with Gasteiger partial charge in [0.15, 0.2) is 5.75 Å². The Morgan fingerprint density at radius 3 is 2.28 bits per heavy atom. The second-order valence-electron chi connectivity index (χ2n) is 4.69. The second-order valence-corrected chi connectivity index (χ2v) is 4.69. The smallest absolute Gasteiger partial charge is 0.449 e. The van der Waals surface area contributed by atoms with Gasteiger partial charge in [-0.2, -0.15) is 0 Å². The van der Waals surface area contributed by atoms with Crippen molar-refractivity contribution in [1.82, 2.24) is 0 Å². The van der Waals surface area contributed by atoms with Crippen LogP contribution in [0.4, 0.5) is 16.2 Å². The number of benzene rings is 1. The minimum absolute atomic E-state index is 0.227. The fourth-order valence-electron chi connectivity index (χ4n) is 2.07. The highest BCUT2D eigenvalue weighted by Gasteiger charge is 2.19. The standard InChI is InChI=1S/C13H20N2O3/c1-8(2)15(9(3)4)11-6-5-10(14)7-12(11)18-13(16)17/h5-9H,14H2,1-4H3,(H,16,17). The number of hydrogen-bond donors (Lipinski definition) is 2. The number of nitrogen functional groups attached to an aromatic ring is 1. The van der Waals surface area contributed by atoms with Crippen LogP contribution in [-0.2, 0) is 0 Å². The normalized spacial score (nSPS) is 10.8. The molecule has 0 aliphatic carbocycles. The monoisotopic (exact) mass is 252 g/mol. The van der Waals surface area contributed by atoms with Crippen molar-refractivity contribution in [3.63, 3.8) is 0 Å². The highest BCUT2D eigenvalue weighted by atomic mass is 16.7. The van der Waals surface area contributed by atoms with Crippen molar-refractivity contribution < 1.29 is 14.6 Å². The van der Waals surface area contributed by atoms with E-state index in [1.165, 1.54) is 6.07 Å². The van der Waals surface area contributed by atoms with Gasteiger partial charge in [0.2, 0.25) is 0 Å². The van der Waals surface area contributed by atoms with E-state index >= 15 is 0 Å². The van der Waals surface area contributed by atoms with E-state index in [0.717, 1.165) is 5.69 Å². The van der Waals surface area contributed by atoms with Crippen molar-refractivity contribution >= 4 is 17.5 Å². The van der Waals surface area contributed by atoms with Crippen LogP contribution in [0.15, 0.2) is 18.2 Å². The summed E-state index contributed by atoms with van der Waals surface area (Å²) in [6.45, 7) is 8.17. The third-order valence-corrected chi connectivity index (χ3v) is 2.57. The maximum absolute atomic E-state index is 10.7. The Kier molecular flexibility index (Phi) is 4.42. The van der Waals surface area contributed by atoms with E-state index in [9.17, 15) is 4.79 Å². The number of carbonyl (C=O) groups is 1. The van der Waals surface area contributed by atoms with Gasteiger partial charge >= 0.3 is 6.16 Å². The highest BCUT2D eigenvalue weighted by molar-refractivity contribution is 5.71. The van der Waals surface area contributed by atoms with Crippen LogP contribution < -0.4 is 15.4 Å². The molecule has 0 aliphatic heterocycles. The summed E-state index contributed by atoms with van der Waals surface area (Å²) in [6, 6.07) is 5.51. The summed E-state index contributed by atoms with van der Waals surface area (Å²) in [6.07, 6.45) is -1.34. The number of ether oxygens (including phenoxy) is 1. The van der Waals surface area contributed by atoms with E-state index in [-0.39, 0.29) is 17.8 Å². The van der Waals surface area contributed by atoms with E-state index < -0.39 is 6.16 Å². The summed E-state index contributed by atoms with van der Waals surface area (Å²) < 4.78 is 4.80. The Bertz CT molecular complexity index is 422. The molecule has 1 aromatic carbocycles. The maximum Gasteiger partial charge on any atom is 0.511 e. The summed E-state index contributed by atoms with van der Waals surface area (Å²) in [5.74, 6) is 0.268. The van der Waals surface area contributed by atoms with Crippen molar-refractivity contribution in [2.75, 3.05) is 10.6 Å². The van der Waals surface area contributed by atoms with Crippen molar-refractivity contribution in [2.45, 2.75) is 39.8 Å². The molecule has 0 unspecified atom stereocenters. The molecule has 0 heterocycles. The van der Waals surface area contributed by atoms with Gasteiger partial charge in [0.1, 0.15) is 0 Å². The van der Waals surface area contributed by atoms with Crippen LogP contribution in [0.5, 0.6) is 5.75 Å². The first-order valence-corrected chi connectivity index (χ1v) is 5.91. The van der Waals surface area contributed by atoms with E-state index in [2.05, 4.69) is 4.90 Å². The van der Waals surface area contributed by atoms with Crippen LogP contribution in [0.25, 0.3) is 0 Å². The molecule has 18 heavy (non-hydrogen) atoms. The van der Waals surface area contributed by atoms with Crippen molar-refractivity contribution in [3.05, 3.63) is 18.2 Å². The van der Waals surface area contributed by atoms with Crippen LogP contribution in [0, 0.1) is 0 Å². The van der Waals surface area contributed by atoms with Gasteiger partial charge in [0, 0.05) is 23.8 Å². The molecule has 0 aliphatic rings.